The Morgan fingerprint density at radius 3 is 2.59 bits per heavy atom. The zero-order valence-corrected chi connectivity index (χ0v) is 12.6. The number of primary amides is 1. The fourth-order valence-electron chi connectivity index (χ4n) is 2.32. The summed E-state index contributed by atoms with van der Waals surface area (Å²) in [6.07, 6.45) is 2.95. The van der Waals surface area contributed by atoms with E-state index in [9.17, 15) is 9.59 Å². The standard InChI is InChI=1S/C14H15N5O2S/c15-13(20)10-8-16-9-12(17-10)18-3-5-19(6-4-18)14(21)11-2-1-7-22-11/h1-2,7-9H,3-6H2,(H2,15,20). The van der Waals surface area contributed by atoms with E-state index in [0.29, 0.717) is 32.0 Å². The van der Waals surface area contributed by atoms with E-state index in [0.717, 1.165) is 4.88 Å². The Labute approximate surface area is 131 Å². The molecule has 8 heteroatoms. The van der Waals surface area contributed by atoms with Crippen LogP contribution < -0.4 is 10.6 Å². The minimum absolute atomic E-state index is 0.0617. The van der Waals surface area contributed by atoms with Gasteiger partial charge in [-0.1, -0.05) is 6.07 Å². The van der Waals surface area contributed by atoms with Crippen LogP contribution in [0.1, 0.15) is 20.2 Å². The molecule has 3 rings (SSSR count). The average molecular weight is 317 g/mol. The third-order valence-electron chi connectivity index (χ3n) is 3.50. The first kappa shape index (κ1) is 14.5. The monoisotopic (exact) mass is 317 g/mol. The van der Waals surface area contributed by atoms with E-state index in [1.165, 1.54) is 17.5 Å². The summed E-state index contributed by atoms with van der Waals surface area (Å²) in [7, 11) is 0. The molecule has 0 atom stereocenters. The summed E-state index contributed by atoms with van der Waals surface area (Å²) in [5, 5.41) is 1.90. The molecular weight excluding hydrogens is 302 g/mol. The summed E-state index contributed by atoms with van der Waals surface area (Å²) in [6.45, 7) is 2.51. The van der Waals surface area contributed by atoms with Crippen LogP contribution in [0.4, 0.5) is 5.82 Å². The van der Waals surface area contributed by atoms with Gasteiger partial charge in [-0.25, -0.2) is 4.98 Å². The predicted octanol–water partition coefficient (Wildman–Crippen LogP) is 0.599. The van der Waals surface area contributed by atoms with Crippen LogP contribution in [0.3, 0.4) is 0 Å². The molecule has 0 saturated carbocycles. The Morgan fingerprint density at radius 1 is 1.18 bits per heavy atom. The summed E-state index contributed by atoms with van der Waals surface area (Å²) < 4.78 is 0. The van der Waals surface area contributed by atoms with Crippen LogP contribution in [0.25, 0.3) is 0 Å². The Kier molecular flexibility index (Phi) is 4.01. The number of nitrogens with zero attached hydrogens (tertiary/aromatic N) is 4. The highest BCUT2D eigenvalue weighted by molar-refractivity contribution is 7.12. The molecular formula is C14H15N5O2S. The smallest absolute Gasteiger partial charge is 0.268 e. The van der Waals surface area contributed by atoms with Crippen LogP contribution >= 0.6 is 11.3 Å². The summed E-state index contributed by atoms with van der Waals surface area (Å²) in [5.74, 6) is 0.0759. The maximum atomic E-state index is 12.3. The lowest BCUT2D eigenvalue weighted by molar-refractivity contribution is 0.0751. The highest BCUT2D eigenvalue weighted by Crippen LogP contribution is 2.16. The van der Waals surface area contributed by atoms with Gasteiger partial charge in [0.1, 0.15) is 11.5 Å². The lowest BCUT2D eigenvalue weighted by Crippen LogP contribution is -2.49. The van der Waals surface area contributed by atoms with Gasteiger partial charge in [-0.05, 0) is 11.4 Å². The van der Waals surface area contributed by atoms with Crippen molar-refractivity contribution in [2.24, 2.45) is 5.73 Å². The van der Waals surface area contributed by atoms with Gasteiger partial charge >= 0.3 is 0 Å². The van der Waals surface area contributed by atoms with Crippen molar-refractivity contribution < 1.29 is 9.59 Å². The van der Waals surface area contributed by atoms with Gasteiger partial charge in [0.15, 0.2) is 0 Å². The Balaban J connectivity index is 1.65. The zero-order valence-electron chi connectivity index (χ0n) is 11.8. The molecule has 0 unspecified atom stereocenters. The van der Waals surface area contributed by atoms with Gasteiger partial charge in [0.2, 0.25) is 0 Å². The van der Waals surface area contributed by atoms with Crippen LogP contribution in [0, 0.1) is 0 Å². The largest absolute Gasteiger partial charge is 0.364 e. The van der Waals surface area contributed by atoms with Gasteiger partial charge < -0.3 is 15.5 Å². The second-order valence-corrected chi connectivity index (χ2v) is 5.83. The molecule has 2 N–H and O–H groups in total. The van der Waals surface area contributed by atoms with Crippen molar-refractivity contribution in [1.82, 2.24) is 14.9 Å². The Hall–Kier alpha value is -2.48. The molecule has 7 nitrogen and oxygen atoms in total. The molecule has 0 aromatic carbocycles. The molecule has 1 aliphatic rings. The Morgan fingerprint density at radius 2 is 1.95 bits per heavy atom. The SMILES string of the molecule is NC(=O)c1cncc(N2CCN(C(=O)c3cccs3)CC2)n1. The van der Waals surface area contributed by atoms with Crippen molar-refractivity contribution >= 4 is 29.0 Å². The third kappa shape index (κ3) is 2.91. The molecule has 2 aromatic rings. The first-order valence-corrected chi connectivity index (χ1v) is 7.72. The van der Waals surface area contributed by atoms with Crippen LogP contribution in [-0.4, -0.2) is 52.9 Å². The number of thiophene rings is 1. The van der Waals surface area contributed by atoms with Crippen LogP contribution in [-0.2, 0) is 0 Å². The van der Waals surface area contributed by atoms with E-state index < -0.39 is 5.91 Å². The number of amides is 2. The molecule has 22 heavy (non-hydrogen) atoms. The summed E-state index contributed by atoms with van der Waals surface area (Å²) in [4.78, 5) is 36.2. The second-order valence-electron chi connectivity index (χ2n) is 4.88. The molecule has 114 valence electrons. The maximum Gasteiger partial charge on any atom is 0.268 e. The normalized spacial score (nSPS) is 14.9. The van der Waals surface area contributed by atoms with E-state index in [1.54, 1.807) is 6.20 Å². The summed E-state index contributed by atoms with van der Waals surface area (Å²) >= 11 is 1.45. The van der Waals surface area contributed by atoms with Crippen molar-refractivity contribution in [3.8, 4) is 0 Å². The van der Waals surface area contributed by atoms with Crippen molar-refractivity contribution in [3.63, 3.8) is 0 Å². The number of rotatable bonds is 3. The highest BCUT2D eigenvalue weighted by Gasteiger charge is 2.23. The molecule has 3 heterocycles. The van der Waals surface area contributed by atoms with E-state index >= 15 is 0 Å². The number of hydrogen-bond donors (Lipinski definition) is 1. The number of carbonyl (C=O) groups is 2. The lowest BCUT2D eigenvalue weighted by atomic mass is 10.3. The first-order valence-electron chi connectivity index (χ1n) is 6.85. The van der Waals surface area contributed by atoms with Gasteiger partial charge in [0, 0.05) is 26.2 Å². The second kappa shape index (κ2) is 6.10. The molecule has 1 aliphatic heterocycles. The third-order valence-corrected chi connectivity index (χ3v) is 4.35. The van der Waals surface area contributed by atoms with Crippen LogP contribution in [0.5, 0.6) is 0 Å². The van der Waals surface area contributed by atoms with Crippen LogP contribution in [0.15, 0.2) is 29.9 Å². The first-order chi connectivity index (χ1) is 10.6. The number of nitrogens with two attached hydrogens (primary N) is 1. The van der Waals surface area contributed by atoms with Gasteiger partial charge in [-0.2, -0.15) is 0 Å². The number of aromatic nitrogens is 2. The van der Waals surface area contributed by atoms with E-state index in [-0.39, 0.29) is 11.6 Å². The number of carbonyl (C=O) groups excluding carboxylic acids is 2. The van der Waals surface area contributed by atoms with E-state index in [2.05, 4.69) is 9.97 Å². The number of piperazine rings is 1. The van der Waals surface area contributed by atoms with Gasteiger partial charge in [0.25, 0.3) is 11.8 Å². The van der Waals surface area contributed by atoms with Crippen LogP contribution in [0.2, 0.25) is 0 Å². The molecule has 0 bridgehead atoms. The predicted molar refractivity (Wildman–Crippen MR) is 83.0 cm³/mol. The number of anilines is 1. The van der Waals surface area contributed by atoms with Crippen molar-refractivity contribution in [2.75, 3.05) is 31.1 Å². The fourth-order valence-corrected chi connectivity index (χ4v) is 3.01. The maximum absolute atomic E-state index is 12.3. The number of hydrogen-bond acceptors (Lipinski definition) is 6. The van der Waals surface area contributed by atoms with Gasteiger partial charge in [-0.3, -0.25) is 14.6 Å². The van der Waals surface area contributed by atoms with Gasteiger partial charge in [0.05, 0.1) is 17.3 Å². The van der Waals surface area contributed by atoms with Crippen molar-refractivity contribution in [2.45, 2.75) is 0 Å². The molecule has 0 spiro atoms. The summed E-state index contributed by atoms with van der Waals surface area (Å²) in [6, 6.07) is 3.71. The van der Waals surface area contributed by atoms with E-state index in [4.69, 9.17) is 5.73 Å². The topological polar surface area (TPSA) is 92.4 Å². The molecule has 0 radical (unpaired) electrons. The highest BCUT2D eigenvalue weighted by atomic mass is 32.1. The van der Waals surface area contributed by atoms with E-state index in [1.807, 2.05) is 27.3 Å². The Bertz CT molecular complexity index is 680. The summed E-state index contributed by atoms with van der Waals surface area (Å²) in [5.41, 5.74) is 5.36. The molecule has 1 fully saturated rings. The van der Waals surface area contributed by atoms with Crippen molar-refractivity contribution in [1.29, 1.82) is 0 Å². The minimum atomic E-state index is -0.596. The minimum Gasteiger partial charge on any atom is -0.364 e. The van der Waals surface area contributed by atoms with Gasteiger partial charge in [-0.15, -0.1) is 11.3 Å². The average Bonchev–Trinajstić information content (AvgIpc) is 3.09. The zero-order chi connectivity index (χ0) is 15.5. The molecule has 2 amide bonds. The molecule has 0 aliphatic carbocycles. The molecule has 2 aromatic heterocycles. The van der Waals surface area contributed by atoms with Crippen molar-refractivity contribution in [3.05, 3.63) is 40.5 Å². The quantitative estimate of drug-likeness (QED) is 0.895. The molecule has 1 saturated heterocycles. The lowest BCUT2D eigenvalue weighted by Gasteiger charge is -2.35. The fraction of sp³-hybridized carbons (Fsp3) is 0.286.